The Labute approximate surface area is 165 Å². The van der Waals surface area contributed by atoms with Gasteiger partial charge in [0.05, 0.1) is 0 Å². The van der Waals surface area contributed by atoms with Crippen molar-refractivity contribution in [3.63, 3.8) is 0 Å². The van der Waals surface area contributed by atoms with Gasteiger partial charge in [-0.2, -0.15) is 13.2 Å². The van der Waals surface area contributed by atoms with Crippen LogP contribution in [0, 0.1) is 0 Å². The van der Waals surface area contributed by atoms with Gasteiger partial charge in [0.2, 0.25) is 0 Å². The van der Waals surface area contributed by atoms with E-state index in [-0.39, 0.29) is 9.83 Å². The maximum Gasteiger partial charge on any atom is 0.422 e. The molecule has 2 aromatic carbocycles. The zero-order valence-electron chi connectivity index (χ0n) is 12.8. The van der Waals surface area contributed by atoms with Crippen LogP contribution in [0.2, 0.25) is 5.02 Å². The van der Waals surface area contributed by atoms with Crippen molar-refractivity contribution in [3.05, 3.63) is 63.1 Å². The third-order valence-corrected chi connectivity index (χ3v) is 7.94. The highest BCUT2D eigenvalue weighted by molar-refractivity contribution is 9.10. The molecular formula is C17H13BrClF3OS2. The van der Waals surface area contributed by atoms with Crippen LogP contribution in [0.15, 0.2) is 46.9 Å². The molecule has 134 valence electrons. The van der Waals surface area contributed by atoms with Gasteiger partial charge in [-0.25, -0.2) is 0 Å². The molecule has 1 heterocycles. The topological polar surface area (TPSA) is 9.23 Å². The van der Waals surface area contributed by atoms with E-state index in [2.05, 4.69) is 15.9 Å². The maximum absolute atomic E-state index is 12.3. The molecule has 1 fully saturated rings. The van der Waals surface area contributed by atoms with Gasteiger partial charge in [0.1, 0.15) is 9.83 Å². The molecule has 3 rings (SSSR count). The van der Waals surface area contributed by atoms with E-state index in [0.29, 0.717) is 5.02 Å². The minimum absolute atomic E-state index is 0.199. The van der Waals surface area contributed by atoms with Crippen molar-refractivity contribution in [2.45, 2.75) is 10.3 Å². The van der Waals surface area contributed by atoms with Crippen LogP contribution in [0.4, 0.5) is 13.2 Å². The van der Waals surface area contributed by atoms with Gasteiger partial charge in [-0.05, 0) is 35.9 Å². The third kappa shape index (κ3) is 4.43. The number of rotatable bonds is 4. The van der Waals surface area contributed by atoms with Gasteiger partial charge in [0, 0.05) is 26.6 Å². The minimum Gasteiger partial charge on any atom is -0.484 e. The van der Waals surface area contributed by atoms with Crippen molar-refractivity contribution in [2.75, 3.05) is 18.1 Å². The van der Waals surface area contributed by atoms with Gasteiger partial charge in [-0.15, -0.1) is 23.5 Å². The van der Waals surface area contributed by atoms with Crippen molar-refractivity contribution in [2.24, 2.45) is 0 Å². The molecule has 0 N–H and O–H groups in total. The fourth-order valence-corrected chi connectivity index (χ4v) is 6.64. The van der Waals surface area contributed by atoms with E-state index >= 15 is 0 Å². The summed E-state index contributed by atoms with van der Waals surface area (Å²) < 4.78 is 42.2. The van der Waals surface area contributed by atoms with Gasteiger partial charge in [0.25, 0.3) is 0 Å². The zero-order valence-corrected chi connectivity index (χ0v) is 16.8. The number of ether oxygens (including phenoxy) is 1. The largest absolute Gasteiger partial charge is 0.484 e. The maximum atomic E-state index is 12.3. The highest BCUT2D eigenvalue weighted by Crippen LogP contribution is 2.58. The molecule has 0 atom stereocenters. The number of hydrogen-bond donors (Lipinski definition) is 0. The van der Waals surface area contributed by atoms with Crippen molar-refractivity contribution in [1.82, 2.24) is 0 Å². The van der Waals surface area contributed by atoms with Gasteiger partial charge >= 0.3 is 6.18 Å². The first-order valence-electron chi connectivity index (χ1n) is 7.34. The molecule has 0 amide bonds. The number of benzene rings is 2. The summed E-state index contributed by atoms with van der Waals surface area (Å²) >= 11 is 13.5. The molecule has 8 heteroatoms. The van der Waals surface area contributed by atoms with Crippen LogP contribution in [0.1, 0.15) is 11.1 Å². The van der Waals surface area contributed by atoms with Gasteiger partial charge in [-0.1, -0.05) is 39.7 Å². The molecule has 0 saturated carbocycles. The highest BCUT2D eigenvalue weighted by Gasteiger charge is 2.41. The Morgan fingerprint density at radius 3 is 2.32 bits per heavy atom. The molecule has 0 bridgehead atoms. The van der Waals surface area contributed by atoms with Gasteiger partial charge in [0.15, 0.2) is 6.61 Å². The summed E-state index contributed by atoms with van der Waals surface area (Å²) in [6.45, 7) is -1.29. The molecule has 1 aliphatic heterocycles. The standard InChI is InChI=1S/C17H13BrClF3OS2/c18-12-3-6-15(19)14(9-12)17(24-7-8-25-17)11-1-4-13(5-2-11)23-10-16(20,21)22/h1-6,9H,7-8,10H2. The van der Waals surface area contributed by atoms with Crippen LogP contribution in [0.3, 0.4) is 0 Å². The summed E-state index contributed by atoms with van der Waals surface area (Å²) in [4.78, 5) is 0. The van der Waals surface area contributed by atoms with Crippen molar-refractivity contribution < 1.29 is 17.9 Å². The lowest BCUT2D eigenvalue weighted by atomic mass is 10.0. The number of hydrogen-bond acceptors (Lipinski definition) is 3. The van der Waals surface area contributed by atoms with Crippen molar-refractivity contribution in [1.29, 1.82) is 0 Å². The summed E-state index contributed by atoms with van der Waals surface area (Å²) in [5.74, 6) is 2.14. The molecule has 1 nitrogen and oxygen atoms in total. The highest BCUT2D eigenvalue weighted by atomic mass is 79.9. The second-order valence-corrected chi connectivity index (χ2v) is 9.57. The summed E-state index contributed by atoms with van der Waals surface area (Å²) in [5, 5.41) is 0.669. The predicted molar refractivity (Wildman–Crippen MR) is 103 cm³/mol. The van der Waals surface area contributed by atoms with E-state index in [1.165, 1.54) is 0 Å². The Hall–Kier alpha value is -0.500. The van der Waals surface area contributed by atoms with E-state index < -0.39 is 12.8 Å². The zero-order chi connectivity index (χ0) is 18.1. The molecule has 2 aromatic rings. The normalized spacial score (nSPS) is 16.8. The number of alkyl halides is 3. The summed E-state index contributed by atoms with van der Waals surface area (Å²) in [5.41, 5.74) is 1.97. The first kappa shape index (κ1) is 19.3. The van der Waals surface area contributed by atoms with Crippen molar-refractivity contribution >= 4 is 51.1 Å². The van der Waals surface area contributed by atoms with E-state index in [1.54, 1.807) is 35.7 Å². The molecule has 1 saturated heterocycles. The van der Waals surface area contributed by atoms with E-state index in [0.717, 1.165) is 27.1 Å². The molecule has 0 radical (unpaired) electrons. The smallest absolute Gasteiger partial charge is 0.422 e. The Morgan fingerprint density at radius 1 is 1.08 bits per heavy atom. The van der Waals surface area contributed by atoms with Gasteiger partial charge < -0.3 is 4.74 Å². The first-order valence-corrected chi connectivity index (χ1v) is 10.5. The van der Waals surface area contributed by atoms with Crippen LogP contribution in [0.25, 0.3) is 0 Å². The lowest BCUT2D eigenvalue weighted by molar-refractivity contribution is -0.153. The molecule has 25 heavy (non-hydrogen) atoms. The Morgan fingerprint density at radius 2 is 1.72 bits per heavy atom. The van der Waals surface area contributed by atoms with E-state index in [1.807, 2.05) is 30.3 Å². The summed E-state index contributed by atoms with van der Waals surface area (Å²) in [7, 11) is 0. The lowest BCUT2D eigenvalue weighted by Crippen LogP contribution is -2.19. The molecular weight excluding hydrogens is 457 g/mol. The second kappa shape index (κ2) is 7.62. The second-order valence-electron chi connectivity index (χ2n) is 5.37. The third-order valence-electron chi connectivity index (χ3n) is 3.61. The van der Waals surface area contributed by atoms with Crippen molar-refractivity contribution in [3.8, 4) is 5.75 Å². The number of halogens is 5. The Kier molecular flexibility index (Phi) is 5.88. The molecule has 0 aliphatic carbocycles. The number of thioether (sulfide) groups is 2. The predicted octanol–water partition coefficient (Wildman–Crippen LogP) is 6.72. The fraction of sp³-hybridized carbons (Fsp3) is 0.294. The van der Waals surface area contributed by atoms with E-state index in [9.17, 15) is 13.2 Å². The van der Waals surface area contributed by atoms with Gasteiger partial charge in [-0.3, -0.25) is 0 Å². The monoisotopic (exact) mass is 468 g/mol. The van der Waals surface area contributed by atoms with E-state index in [4.69, 9.17) is 16.3 Å². The SMILES string of the molecule is FC(F)(F)COc1ccc(C2(c3cc(Br)ccc3Cl)SCCS2)cc1. The Balaban J connectivity index is 1.92. The fourth-order valence-electron chi connectivity index (χ4n) is 2.58. The lowest BCUT2D eigenvalue weighted by Gasteiger charge is -2.30. The summed E-state index contributed by atoms with van der Waals surface area (Å²) in [6, 6.07) is 12.5. The van der Waals surface area contributed by atoms with Crippen LogP contribution in [0.5, 0.6) is 5.75 Å². The Bertz CT molecular complexity index is 747. The molecule has 1 aliphatic rings. The quantitative estimate of drug-likeness (QED) is 0.491. The average molecular weight is 470 g/mol. The minimum atomic E-state index is -4.35. The van der Waals surface area contributed by atoms with Crippen LogP contribution >= 0.6 is 51.1 Å². The molecule has 0 unspecified atom stereocenters. The van der Waals surface area contributed by atoms with Crippen LogP contribution < -0.4 is 4.74 Å². The van der Waals surface area contributed by atoms with Crippen LogP contribution in [-0.4, -0.2) is 24.3 Å². The molecule has 0 aromatic heterocycles. The first-order chi connectivity index (χ1) is 11.8. The molecule has 0 spiro atoms. The summed E-state index contributed by atoms with van der Waals surface area (Å²) in [6.07, 6.45) is -4.35. The average Bonchev–Trinajstić information content (AvgIpc) is 3.06. The van der Waals surface area contributed by atoms with Crippen LogP contribution in [-0.2, 0) is 4.08 Å².